The number of amides is 1. The fraction of sp³-hybridized carbons (Fsp3) is 0.611. The lowest BCUT2D eigenvalue weighted by Crippen LogP contribution is -2.61. The van der Waals surface area contributed by atoms with Crippen molar-refractivity contribution in [3.05, 3.63) is 23.8 Å². The first kappa shape index (κ1) is 14.5. The molecule has 0 unspecified atom stereocenters. The zero-order valence-corrected chi connectivity index (χ0v) is 13.7. The molecule has 0 aliphatic carbocycles. The second-order valence-corrected chi connectivity index (χ2v) is 7.32. The van der Waals surface area contributed by atoms with Gasteiger partial charge in [0, 0.05) is 18.5 Å². The summed E-state index contributed by atoms with van der Waals surface area (Å²) in [6, 6.07) is 6.96. The van der Waals surface area contributed by atoms with Crippen LogP contribution < -0.4 is 15.2 Å². The molecule has 128 valence electrons. The molecule has 5 aliphatic rings. The van der Waals surface area contributed by atoms with E-state index >= 15 is 0 Å². The van der Waals surface area contributed by atoms with Crippen LogP contribution in [0, 0.1) is 5.92 Å². The number of nitrogens with two attached hydrogens (primary N) is 1. The minimum atomic E-state index is 0.0852. The molecule has 0 spiro atoms. The smallest absolute Gasteiger partial charge is 0.236 e. The zero-order valence-electron chi connectivity index (χ0n) is 13.7. The number of likely N-dealkylation sites (tertiary alicyclic amines) is 1. The van der Waals surface area contributed by atoms with Crippen molar-refractivity contribution in [1.29, 1.82) is 0 Å². The number of ether oxygens (including phenoxy) is 2. The summed E-state index contributed by atoms with van der Waals surface area (Å²) < 4.78 is 11.0. The summed E-state index contributed by atoms with van der Waals surface area (Å²) in [5.74, 6) is 2.66. The summed E-state index contributed by atoms with van der Waals surface area (Å²) >= 11 is 0. The van der Waals surface area contributed by atoms with E-state index in [1.54, 1.807) is 0 Å². The van der Waals surface area contributed by atoms with Crippen molar-refractivity contribution in [1.82, 2.24) is 9.80 Å². The van der Waals surface area contributed by atoms with Crippen molar-refractivity contribution in [2.45, 2.75) is 30.8 Å². The molecule has 0 saturated carbocycles. The molecule has 4 saturated heterocycles. The van der Waals surface area contributed by atoms with Gasteiger partial charge in [-0.2, -0.15) is 0 Å². The quantitative estimate of drug-likeness (QED) is 0.868. The second-order valence-electron chi connectivity index (χ2n) is 7.32. The highest BCUT2D eigenvalue weighted by atomic mass is 16.7. The molecule has 24 heavy (non-hydrogen) atoms. The van der Waals surface area contributed by atoms with Crippen LogP contribution in [0.25, 0.3) is 0 Å². The molecule has 0 aromatic heterocycles. The molecule has 1 amide bonds. The number of carbonyl (C=O) groups excluding carboxylic acids is 1. The molecule has 6 rings (SSSR count). The van der Waals surface area contributed by atoms with Crippen LogP contribution in [-0.4, -0.2) is 60.8 Å². The topological polar surface area (TPSA) is 68.0 Å². The predicted octanol–water partition coefficient (Wildman–Crippen LogP) is 0.763. The SMILES string of the molecule is NCC(=O)N1C[C@@H](c2ccc3c(c2)OCO3)[C@@H]2[C@H]1C1CCN2CC1. The van der Waals surface area contributed by atoms with Gasteiger partial charge in [0.25, 0.3) is 0 Å². The van der Waals surface area contributed by atoms with Crippen molar-refractivity contribution in [2.24, 2.45) is 11.7 Å². The minimum absolute atomic E-state index is 0.0852. The number of fused-ring (bicyclic) bond motifs is 3. The highest BCUT2D eigenvalue weighted by Crippen LogP contribution is 2.47. The van der Waals surface area contributed by atoms with Crippen molar-refractivity contribution in [2.75, 3.05) is 33.0 Å². The maximum atomic E-state index is 12.4. The van der Waals surface area contributed by atoms with E-state index in [0.717, 1.165) is 31.1 Å². The van der Waals surface area contributed by atoms with Crippen LogP contribution >= 0.6 is 0 Å². The Kier molecular flexibility index (Phi) is 3.25. The van der Waals surface area contributed by atoms with Gasteiger partial charge in [-0.15, -0.1) is 0 Å². The Balaban J connectivity index is 1.52. The van der Waals surface area contributed by atoms with Gasteiger partial charge in [-0.1, -0.05) is 6.07 Å². The van der Waals surface area contributed by atoms with Gasteiger partial charge < -0.3 is 20.1 Å². The average molecular weight is 329 g/mol. The van der Waals surface area contributed by atoms with Crippen LogP contribution in [-0.2, 0) is 4.79 Å². The average Bonchev–Trinajstić information content (AvgIpc) is 3.27. The summed E-state index contributed by atoms with van der Waals surface area (Å²) in [6.07, 6.45) is 2.40. The van der Waals surface area contributed by atoms with Gasteiger partial charge in [-0.25, -0.2) is 0 Å². The number of benzene rings is 1. The molecule has 6 nitrogen and oxygen atoms in total. The van der Waals surface area contributed by atoms with Gasteiger partial charge in [0.15, 0.2) is 11.5 Å². The van der Waals surface area contributed by atoms with Gasteiger partial charge in [0.05, 0.1) is 12.6 Å². The Morgan fingerprint density at radius 1 is 1.17 bits per heavy atom. The van der Waals surface area contributed by atoms with Gasteiger partial charge in [-0.05, 0) is 49.5 Å². The normalized spacial score (nSPS) is 36.0. The summed E-state index contributed by atoms with van der Waals surface area (Å²) in [7, 11) is 0. The first-order valence-corrected chi connectivity index (χ1v) is 8.89. The number of nitrogens with zero attached hydrogens (tertiary/aromatic N) is 2. The maximum absolute atomic E-state index is 12.4. The summed E-state index contributed by atoms with van der Waals surface area (Å²) in [6.45, 7) is 3.46. The zero-order chi connectivity index (χ0) is 16.3. The minimum Gasteiger partial charge on any atom is -0.454 e. The van der Waals surface area contributed by atoms with Crippen LogP contribution in [0.5, 0.6) is 11.5 Å². The molecule has 1 aromatic rings. The van der Waals surface area contributed by atoms with E-state index in [9.17, 15) is 4.79 Å². The second kappa shape index (κ2) is 5.36. The number of piperidine rings is 3. The Bertz CT molecular complexity index is 671. The third-order valence-corrected chi connectivity index (χ3v) is 6.31. The summed E-state index contributed by atoms with van der Waals surface area (Å²) in [5, 5.41) is 0. The van der Waals surface area contributed by atoms with Gasteiger partial charge in [0.1, 0.15) is 0 Å². The molecule has 5 aliphatic heterocycles. The lowest BCUT2D eigenvalue weighted by Gasteiger charge is -2.51. The third kappa shape index (κ3) is 1.99. The Hall–Kier alpha value is -1.79. The van der Waals surface area contributed by atoms with E-state index in [4.69, 9.17) is 15.2 Å². The lowest BCUT2D eigenvalue weighted by molar-refractivity contribution is -0.134. The van der Waals surface area contributed by atoms with Crippen molar-refractivity contribution < 1.29 is 14.3 Å². The molecule has 1 aromatic carbocycles. The summed E-state index contributed by atoms with van der Waals surface area (Å²) in [5.41, 5.74) is 6.93. The van der Waals surface area contributed by atoms with Crippen molar-refractivity contribution >= 4 is 5.91 Å². The highest BCUT2D eigenvalue weighted by molar-refractivity contribution is 5.79. The van der Waals surface area contributed by atoms with Crippen LogP contribution in [0.2, 0.25) is 0 Å². The Labute approximate surface area is 141 Å². The maximum Gasteiger partial charge on any atom is 0.236 e. The molecular formula is C18H23N3O3. The van der Waals surface area contributed by atoms with Crippen LogP contribution in [0.4, 0.5) is 0 Å². The van der Waals surface area contributed by atoms with E-state index in [-0.39, 0.29) is 12.5 Å². The third-order valence-electron chi connectivity index (χ3n) is 6.31. The van der Waals surface area contributed by atoms with E-state index in [0.29, 0.717) is 30.7 Å². The van der Waals surface area contributed by atoms with Crippen LogP contribution in [0.15, 0.2) is 18.2 Å². The Morgan fingerprint density at radius 3 is 2.75 bits per heavy atom. The molecule has 5 heterocycles. The van der Waals surface area contributed by atoms with Gasteiger partial charge in [-0.3, -0.25) is 9.69 Å². The van der Waals surface area contributed by atoms with Crippen molar-refractivity contribution in [3.8, 4) is 11.5 Å². The van der Waals surface area contributed by atoms with E-state index in [2.05, 4.69) is 21.9 Å². The lowest BCUT2D eigenvalue weighted by atomic mass is 9.75. The fourth-order valence-corrected chi connectivity index (χ4v) is 5.26. The number of hydrogen-bond acceptors (Lipinski definition) is 5. The predicted molar refractivity (Wildman–Crippen MR) is 87.9 cm³/mol. The first-order valence-electron chi connectivity index (χ1n) is 8.89. The standard InChI is InChI=1S/C18H23N3O3/c19-8-16(22)21-9-13(12-1-2-14-15(7-12)24-10-23-14)18-17(21)11-3-5-20(18)6-4-11/h1-2,7,11,13,17-18H,3-6,8-10,19H2/t13-,17+,18+/m0/s1. The highest BCUT2D eigenvalue weighted by Gasteiger charge is 2.54. The first-order chi connectivity index (χ1) is 11.8. The largest absolute Gasteiger partial charge is 0.454 e. The van der Waals surface area contributed by atoms with E-state index in [1.807, 2.05) is 6.07 Å². The van der Waals surface area contributed by atoms with Crippen LogP contribution in [0.3, 0.4) is 0 Å². The molecule has 2 N–H and O–H groups in total. The molecular weight excluding hydrogens is 306 g/mol. The molecule has 6 heteroatoms. The number of carbonyl (C=O) groups is 1. The van der Waals surface area contributed by atoms with Gasteiger partial charge in [0.2, 0.25) is 12.7 Å². The van der Waals surface area contributed by atoms with Crippen molar-refractivity contribution in [3.63, 3.8) is 0 Å². The summed E-state index contributed by atoms with van der Waals surface area (Å²) in [4.78, 5) is 17.1. The number of rotatable bonds is 2. The number of hydrogen-bond donors (Lipinski definition) is 1. The molecule has 4 fully saturated rings. The van der Waals surface area contributed by atoms with E-state index in [1.165, 1.54) is 18.4 Å². The Morgan fingerprint density at radius 2 is 1.96 bits per heavy atom. The van der Waals surface area contributed by atoms with Crippen LogP contribution in [0.1, 0.15) is 24.3 Å². The van der Waals surface area contributed by atoms with Gasteiger partial charge >= 0.3 is 0 Å². The fourth-order valence-electron chi connectivity index (χ4n) is 5.26. The molecule has 0 radical (unpaired) electrons. The molecule has 2 bridgehead atoms. The van der Waals surface area contributed by atoms with E-state index < -0.39 is 0 Å². The monoisotopic (exact) mass is 329 g/mol. The molecule has 3 atom stereocenters.